The second-order valence-electron chi connectivity index (χ2n) is 3.60. The molecule has 0 aliphatic heterocycles. The van der Waals surface area contributed by atoms with Crippen LogP contribution in [0.2, 0.25) is 0 Å². The Morgan fingerprint density at radius 1 is 1.17 bits per heavy atom. The molecule has 2 rings (SSSR count). The summed E-state index contributed by atoms with van der Waals surface area (Å²) in [6.45, 7) is 0. The molecule has 0 aliphatic rings. The van der Waals surface area contributed by atoms with E-state index in [1.54, 1.807) is 30.3 Å². The average Bonchev–Trinajstić information content (AvgIpc) is 2.38. The molecule has 0 unspecified atom stereocenters. The van der Waals surface area contributed by atoms with E-state index in [1.807, 2.05) is 0 Å². The Morgan fingerprint density at radius 3 is 2.67 bits per heavy atom. The van der Waals surface area contributed by atoms with Crippen LogP contribution in [0, 0.1) is 10.1 Å². The number of non-ortho nitro benzene ring substituents is 1. The molecular weight excluding hydrogens is 232 g/mol. The number of para-hydroxylation sites is 2. The maximum absolute atomic E-state index is 10.6. The number of rotatable bonds is 3. The van der Waals surface area contributed by atoms with Crippen molar-refractivity contribution in [2.24, 2.45) is 4.99 Å². The molecule has 0 amide bonds. The fourth-order valence-corrected chi connectivity index (χ4v) is 1.44. The van der Waals surface area contributed by atoms with Crippen LogP contribution in [0.1, 0.15) is 5.56 Å². The maximum Gasteiger partial charge on any atom is 0.270 e. The molecule has 0 spiro atoms. The summed E-state index contributed by atoms with van der Waals surface area (Å²) >= 11 is 0. The van der Waals surface area contributed by atoms with Crippen molar-refractivity contribution < 1.29 is 10.0 Å². The highest BCUT2D eigenvalue weighted by Gasteiger charge is 2.04. The Bertz CT molecular complexity index is 609. The van der Waals surface area contributed by atoms with Crippen LogP contribution in [0.25, 0.3) is 0 Å². The standard InChI is InChI=1S/C13H10N2O3/c16-13-7-2-1-6-12(13)14-9-10-4-3-5-11(8-10)15(17)18/h1-9,16H. The molecule has 90 valence electrons. The lowest BCUT2D eigenvalue weighted by Gasteiger charge is -1.97. The van der Waals surface area contributed by atoms with Crippen molar-refractivity contribution in [3.8, 4) is 5.75 Å². The van der Waals surface area contributed by atoms with Gasteiger partial charge in [0.15, 0.2) is 0 Å². The van der Waals surface area contributed by atoms with E-state index in [0.29, 0.717) is 11.3 Å². The van der Waals surface area contributed by atoms with Gasteiger partial charge < -0.3 is 5.11 Å². The number of phenolic OH excluding ortho intramolecular Hbond substituents is 1. The van der Waals surface area contributed by atoms with Gasteiger partial charge in [-0.15, -0.1) is 0 Å². The molecule has 0 saturated heterocycles. The molecule has 0 aromatic heterocycles. The summed E-state index contributed by atoms with van der Waals surface area (Å²) in [5.41, 5.74) is 1.03. The first-order chi connectivity index (χ1) is 8.66. The van der Waals surface area contributed by atoms with Crippen molar-refractivity contribution in [1.29, 1.82) is 0 Å². The van der Waals surface area contributed by atoms with Gasteiger partial charge >= 0.3 is 0 Å². The van der Waals surface area contributed by atoms with E-state index in [1.165, 1.54) is 24.4 Å². The molecule has 18 heavy (non-hydrogen) atoms. The molecule has 5 heteroatoms. The van der Waals surface area contributed by atoms with Gasteiger partial charge in [-0.1, -0.05) is 24.3 Å². The fraction of sp³-hybridized carbons (Fsp3) is 0. The number of hydrogen-bond donors (Lipinski definition) is 1. The van der Waals surface area contributed by atoms with Crippen LogP contribution in [0.15, 0.2) is 53.5 Å². The van der Waals surface area contributed by atoms with Gasteiger partial charge in [-0.3, -0.25) is 15.1 Å². The van der Waals surface area contributed by atoms with E-state index in [9.17, 15) is 15.2 Å². The number of aromatic hydroxyl groups is 1. The molecule has 1 N–H and O–H groups in total. The van der Waals surface area contributed by atoms with E-state index >= 15 is 0 Å². The maximum atomic E-state index is 10.6. The zero-order chi connectivity index (χ0) is 13.0. The first-order valence-electron chi connectivity index (χ1n) is 5.23. The molecule has 0 saturated carbocycles. The summed E-state index contributed by atoms with van der Waals surface area (Å²) in [6.07, 6.45) is 1.47. The van der Waals surface area contributed by atoms with Gasteiger partial charge in [0, 0.05) is 18.3 Å². The third-order valence-electron chi connectivity index (χ3n) is 2.32. The normalized spacial score (nSPS) is 10.7. The Kier molecular flexibility index (Phi) is 3.33. The summed E-state index contributed by atoms with van der Waals surface area (Å²) in [5.74, 6) is 0.0687. The third kappa shape index (κ3) is 2.70. The van der Waals surface area contributed by atoms with Crippen molar-refractivity contribution >= 4 is 17.6 Å². The number of nitro benzene ring substituents is 1. The lowest BCUT2D eigenvalue weighted by Crippen LogP contribution is -1.89. The summed E-state index contributed by atoms with van der Waals surface area (Å²) in [6, 6.07) is 12.8. The van der Waals surface area contributed by atoms with Gasteiger partial charge in [0.25, 0.3) is 5.69 Å². The minimum atomic E-state index is -0.461. The van der Waals surface area contributed by atoms with Crippen LogP contribution in [0.4, 0.5) is 11.4 Å². The van der Waals surface area contributed by atoms with Crippen molar-refractivity contribution in [3.63, 3.8) is 0 Å². The zero-order valence-corrected chi connectivity index (χ0v) is 9.35. The highest BCUT2D eigenvalue weighted by molar-refractivity contribution is 5.83. The molecule has 2 aromatic rings. The minimum absolute atomic E-state index is 0.0104. The highest BCUT2D eigenvalue weighted by atomic mass is 16.6. The van der Waals surface area contributed by atoms with E-state index in [0.717, 1.165) is 0 Å². The Balaban J connectivity index is 2.27. The summed E-state index contributed by atoms with van der Waals surface area (Å²) in [4.78, 5) is 14.2. The van der Waals surface area contributed by atoms with Crippen molar-refractivity contribution in [2.45, 2.75) is 0 Å². The largest absolute Gasteiger partial charge is 0.506 e. The molecule has 5 nitrogen and oxygen atoms in total. The molecule has 0 radical (unpaired) electrons. The van der Waals surface area contributed by atoms with Crippen LogP contribution in [0.3, 0.4) is 0 Å². The van der Waals surface area contributed by atoms with Crippen molar-refractivity contribution in [1.82, 2.24) is 0 Å². The molecule has 0 fully saturated rings. The van der Waals surface area contributed by atoms with Crippen LogP contribution in [0.5, 0.6) is 5.75 Å². The van der Waals surface area contributed by atoms with E-state index in [4.69, 9.17) is 0 Å². The number of hydrogen-bond acceptors (Lipinski definition) is 4. The Labute approximate surface area is 103 Å². The van der Waals surface area contributed by atoms with Gasteiger partial charge in [0.05, 0.1) is 4.92 Å². The lowest BCUT2D eigenvalue weighted by atomic mass is 10.2. The first-order valence-corrected chi connectivity index (χ1v) is 5.23. The van der Waals surface area contributed by atoms with Gasteiger partial charge in [-0.25, -0.2) is 0 Å². The van der Waals surface area contributed by atoms with E-state index in [-0.39, 0.29) is 11.4 Å². The fourth-order valence-electron chi connectivity index (χ4n) is 1.44. The quantitative estimate of drug-likeness (QED) is 0.510. The molecule has 0 heterocycles. The average molecular weight is 242 g/mol. The predicted octanol–water partition coefficient (Wildman–Crippen LogP) is 3.05. The van der Waals surface area contributed by atoms with Gasteiger partial charge in [0.2, 0.25) is 0 Å². The van der Waals surface area contributed by atoms with Crippen molar-refractivity contribution in [3.05, 3.63) is 64.2 Å². The molecule has 0 aliphatic carbocycles. The second kappa shape index (κ2) is 5.09. The summed E-state index contributed by atoms with van der Waals surface area (Å²) in [7, 11) is 0. The molecule has 0 atom stereocenters. The summed E-state index contributed by atoms with van der Waals surface area (Å²) in [5, 5.41) is 20.1. The monoisotopic (exact) mass is 242 g/mol. The Hall–Kier alpha value is -2.69. The van der Waals surface area contributed by atoms with Crippen LogP contribution in [-0.4, -0.2) is 16.2 Å². The van der Waals surface area contributed by atoms with Gasteiger partial charge in [-0.2, -0.15) is 0 Å². The predicted molar refractivity (Wildman–Crippen MR) is 68.5 cm³/mol. The number of phenols is 1. The van der Waals surface area contributed by atoms with E-state index in [2.05, 4.69) is 4.99 Å². The molecule has 2 aromatic carbocycles. The molecular formula is C13H10N2O3. The van der Waals surface area contributed by atoms with Crippen molar-refractivity contribution in [2.75, 3.05) is 0 Å². The van der Waals surface area contributed by atoms with Crippen LogP contribution in [-0.2, 0) is 0 Å². The van der Waals surface area contributed by atoms with Gasteiger partial charge in [0.1, 0.15) is 11.4 Å². The highest BCUT2D eigenvalue weighted by Crippen LogP contribution is 2.24. The third-order valence-corrected chi connectivity index (χ3v) is 2.32. The van der Waals surface area contributed by atoms with Gasteiger partial charge in [-0.05, 0) is 17.7 Å². The first kappa shape index (κ1) is 11.8. The number of nitro groups is 1. The Morgan fingerprint density at radius 2 is 1.94 bits per heavy atom. The zero-order valence-electron chi connectivity index (χ0n) is 9.35. The topological polar surface area (TPSA) is 75.7 Å². The molecule has 0 bridgehead atoms. The number of nitrogens with zero attached hydrogens (tertiary/aromatic N) is 2. The SMILES string of the molecule is O=[N+]([O-])c1cccc(C=Nc2ccccc2O)c1. The van der Waals surface area contributed by atoms with E-state index < -0.39 is 4.92 Å². The lowest BCUT2D eigenvalue weighted by molar-refractivity contribution is -0.384. The second-order valence-corrected chi connectivity index (χ2v) is 3.60. The van der Waals surface area contributed by atoms with Crippen LogP contribution >= 0.6 is 0 Å². The van der Waals surface area contributed by atoms with Crippen LogP contribution < -0.4 is 0 Å². The number of benzene rings is 2. The minimum Gasteiger partial charge on any atom is -0.506 e. The smallest absolute Gasteiger partial charge is 0.270 e. The number of aliphatic imine (C=N–C) groups is 1. The summed E-state index contributed by atoms with van der Waals surface area (Å²) < 4.78 is 0.